The molecule has 5 N–H and O–H groups in total. The molecule has 0 fully saturated rings. The van der Waals surface area contributed by atoms with Crippen molar-refractivity contribution in [3.05, 3.63) is 59.7 Å². The highest BCUT2D eigenvalue weighted by atomic mass is 32.2. The molecule has 1 unspecified atom stereocenters. The van der Waals surface area contributed by atoms with E-state index < -0.39 is 11.5 Å². The highest BCUT2D eigenvalue weighted by molar-refractivity contribution is 7.99. The molecule has 2 aromatic rings. The molecule has 0 aromatic heterocycles. The summed E-state index contributed by atoms with van der Waals surface area (Å²) >= 11 is 1.68. The first-order valence-electron chi connectivity index (χ1n) is 8.12. The van der Waals surface area contributed by atoms with Crippen LogP contribution in [0.5, 0.6) is 0 Å². The number of carboxylic acid groups (broad SMARTS) is 1. The van der Waals surface area contributed by atoms with Crippen molar-refractivity contribution in [3.63, 3.8) is 0 Å². The number of benzene rings is 2. The van der Waals surface area contributed by atoms with E-state index in [9.17, 15) is 9.90 Å². The normalized spacial score (nSPS) is 13.0. The van der Waals surface area contributed by atoms with Gasteiger partial charge in [0.05, 0.1) is 0 Å². The van der Waals surface area contributed by atoms with Gasteiger partial charge in [0.25, 0.3) is 0 Å². The first-order valence-corrected chi connectivity index (χ1v) is 9.11. The van der Waals surface area contributed by atoms with Crippen LogP contribution in [0, 0.1) is 5.41 Å². The van der Waals surface area contributed by atoms with Gasteiger partial charge in [-0.15, -0.1) is 11.8 Å². The topological polar surface area (TPSA) is 99.2 Å². The number of nitrogen functional groups attached to an aromatic ring is 1. The summed E-state index contributed by atoms with van der Waals surface area (Å²) in [5, 5.41) is 20.6. The number of hydrogen-bond acceptors (Lipinski definition) is 4. The molecule has 132 valence electrons. The summed E-state index contributed by atoms with van der Waals surface area (Å²) in [4.78, 5) is 13.2. The van der Waals surface area contributed by atoms with Gasteiger partial charge in [-0.05, 0) is 54.1 Å². The Balaban J connectivity index is 2.42. The lowest BCUT2D eigenvalue weighted by molar-refractivity contribution is -0.142. The van der Waals surface area contributed by atoms with E-state index in [1.54, 1.807) is 36.0 Å². The summed E-state index contributed by atoms with van der Waals surface area (Å²) in [5.41, 5.74) is 6.24. The monoisotopic (exact) mass is 357 g/mol. The van der Waals surface area contributed by atoms with Crippen molar-refractivity contribution in [2.24, 2.45) is 5.73 Å². The van der Waals surface area contributed by atoms with Crippen molar-refractivity contribution in [1.29, 1.82) is 5.41 Å². The molecule has 2 aromatic carbocycles. The number of aliphatic carboxylic acids is 1. The molecule has 2 rings (SSSR count). The Kier molecular flexibility index (Phi) is 6.09. The second-order valence-electron chi connectivity index (χ2n) is 5.64. The lowest BCUT2D eigenvalue weighted by atomic mass is 9.86. The lowest BCUT2D eigenvalue weighted by Gasteiger charge is -2.31. The van der Waals surface area contributed by atoms with E-state index in [0.29, 0.717) is 17.7 Å². The Labute approximate surface area is 152 Å². The number of rotatable bonds is 8. The second-order valence-corrected chi connectivity index (χ2v) is 6.98. The number of thioether (sulfide) groups is 1. The van der Waals surface area contributed by atoms with E-state index >= 15 is 0 Å². The minimum absolute atomic E-state index is 0.0177. The zero-order chi connectivity index (χ0) is 18.4. The van der Waals surface area contributed by atoms with Gasteiger partial charge >= 0.3 is 5.97 Å². The average molecular weight is 357 g/mol. The van der Waals surface area contributed by atoms with Gasteiger partial charge in [0.2, 0.25) is 0 Å². The van der Waals surface area contributed by atoms with Gasteiger partial charge in [-0.1, -0.05) is 26.0 Å². The molecule has 0 aliphatic carbocycles. The fourth-order valence-electron chi connectivity index (χ4n) is 2.69. The average Bonchev–Trinajstić information content (AvgIpc) is 2.60. The first kappa shape index (κ1) is 18.9. The first-order chi connectivity index (χ1) is 11.9. The zero-order valence-electron chi connectivity index (χ0n) is 14.4. The Morgan fingerprint density at radius 3 is 2.44 bits per heavy atom. The fourth-order valence-corrected chi connectivity index (χ4v) is 3.41. The van der Waals surface area contributed by atoms with Crippen LogP contribution in [0.2, 0.25) is 0 Å². The maximum absolute atomic E-state index is 12.2. The van der Waals surface area contributed by atoms with Crippen LogP contribution < -0.4 is 11.1 Å². The van der Waals surface area contributed by atoms with Gasteiger partial charge in [0, 0.05) is 16.1 Å². The molecule has 0 radical (unpaired) electrons. The van der Waals surface area contributed by atoms with Crippen molar-refractivity contribution >= 4 is 29.3 Å². The van der Waals surface area contributed by atoms with E-state index in [0.717, 1.165) is 16.2 Å². The van der Waals surface area contributed by atoms with Crippen LogP contribution >= 0.6 is 11.8 Å². The number of nitrogens with two attached hydrogens (primary N) is 1. The predicted molar refractivity (Wildman–Crippen MR) is 104 cm³/mol. The van der Waals surface area contributed by atoms with Crippen LogP contribution in [0.15, 0.2) is 53.4 Å². The summed E-state index contributed by atoms with van der Waals surface area (Å²) in [7, 11) is 0. The summed E-state index contributed by atoms with van der Waals surface area (Å²) < 4.78 is 0. The van der Waals surface area contributed by atoms with Crippen LogP contribution in [0.4, 0.5) is 5.69 Å². The molecular formula is C19H23N3O2S. The molecule has 25 heavy (non-hydrogen) atoms. The Morgan fingerprint density at radius 1 is 1.24 bits per heavy atom. The van der Waals surface area contributed by atoms with Crippen LogP contribution in [0.3, 0.4) is 0 Å². The minimum Gasteiger partial charge on any atom is -0.479 e. The predicted octanol–water partition coefficient (Wildman–Crippen LogP) is 3.88. The van der Waals surface area contributed by atoms with Crippen molar-refractivity contribution in [1.82, 2.24) is 0 Å². The third-order valence-electron chi connectivity index (χ3n) is 4.09. The molecular weight excluding hydrogens is 334 g/mol. The Morgan fingerprint density at radius 2 is 1.92 bits per heavy atom. The molecule has 0 saturated heterocycles. The van der Waals surface area contributed by atoms with E-state index in [1.807, 2.05) is 31.2 Å². The standard InChI is InChI=1S/C19H23N3O2S/c1-3-19(18(23)24,14-6-5-7-16(12-14)25-4-2)22-15-10-8-13(9-11-15)17(20)21/h5-12,22H,3-4H2,1-2H3,(H3,20,21)(H,23,24). The summed E-state index contributed by atoms with van der Waals surface area (Å²) in [6, 6.07) is 14.6. The van der Waals surface area contributed by atoms with Crippen molar-refractivity contribution < 1.29 is 9.90 Å². The molecule has 0 aliphatic heterocycles. The van der Waals surface area contributed by atoms with Gasteiger partial charge in [0.1, 0.15) is 5.84 Å². The fraction of sp³-hybridized carbons (Fsp3) is 0.263. The highest BCUT2D eigenvalue weighted by Gasteiger charge is 2.39. The third kappa shape index (κ3) is 4.14. The van der Waals surface area contributed by atoms with Gasteiger partial charge < -0.3 is 16.2 Å². The SMILES string of the molecule is CCSc1cccc(C(CC)(Nc2ccc(C(=N)N)cc2)C(=O)O)c1. The van der Waals surface area contributed by atoms with Crippen molar-refractivity contribution in [3.8, 4) is 0 Å². The number of anilines is 1. The number of nitrogens with one attached hydrogen (secondary N) is 2. The van der Waals surface area contributed by atoms with Crippen LogP contribution in [0.1, 0.15) is 31.4 Å². The van der Waals surface area contributed by atoms with Gasteiger partial charge in [-0.2, -0.15) is 0 Å². The molecule has 0 spiro atoms. The van der Waals surface area contributed by atoms with E-state index in [-0.39, 0.29) is 5.84 Å². The minimum atomic E-state index is -1.22. The molecule has 5 nitrogen and oxygen atoms in total. The van der Waals surface area contributed by atoms with Gasteiger partial charge in [-0.25, -0.2) is 4.79 Å². The largest absolute Gasteiger partial charge is 0.479 e. The van der Waals surface area contributed by atoms with E-state index in [4.69, 9.17) is 11.1 Å². The van der Waals surface area contributed by atoms with Crippen LogP contribution in [-0.4, -0.2) is 22.7 Å². The molecule has 0 saturated carbocycles. The van der Waals surface area contributed by atoms with Crippen LogP contribution in [0.25, 0.3) is 0 Å². The number of hydrogen-bond donors (Lipinski definition) is 4. The molecule has 1 atom stereocenters. The molecule has 0 amide bonds. The maximum Gasteiger partial charge on any atom is 0.334 e. The summed E-state index contributed by atoms with van der Waals surface area (Å²) in [6.07, 6.45) is 0.386. The lowest BCUT2D eigenvalue weighted by Crippen LogP contribution is -2.43. The zero-order valence-corrected chi connectivity index (χ0v) is 15.2. The van der Waals surface area contributed by atoms with Crippen LogP contribution in [-0.2, 0) is 10.3 Å². The quantitative estimate of drug-likeness (QED) is 0.326. The molecule has 0 aliphatic rings. The Hall–Kier alpha value is -2.47. The third-order valence-corrected chi connectivity index (χ3v) is 4.96. The molecule has 6 heteroatoms. The summed E-state index contributed by atoms with van der Waals surface area (Å²) in [5.74, 6) is -0.0182. The van der Waals surface area contributed by atoms with E-state index in [1.165, 1.54) is 0 Å². The Bertz CT molecular complexity index is 762. The van der Waals surface area contributed by atoms with Crippen molar-refractivity contribution in [2.75, 3.05) is 11.1 Å². The maximum atomic E-state index is 12.2. The van der Waals surface area contributed by atoms with Gasteiger partial charge in [-0.3, -0.25) is 5.41 Å². The number of carboxylic acids is 1. The number of carbonyl (C=O) groups is 1. The molecule has 0 bridgehead atoms. The smallest absolute Gasteiger partial charge is 0.334 e. The van der Waals surface area contributed by atoms with Gasteiger partial charge in [0.15, 0.2) is 5.54 Å². The molecule has 0 heterocycles. The number of amidine groups is 1. The summed E-state index contributed by atoms with van der Waals surface area (Å²) in [6.45, 7) is 3.92. The van der Waals surface area contributed by atoms with E-state index in [2.05, 4.69) is 12.2 Å². The second kappa shape index (κ2) is 8.07. The highest BCUT2D eigenvalue weighted by Crippen LogP contribution is 2.33. The van der Waals surface area contributed by atoms with Crippen molar-refractivity contribution in [2.45, 2.75) is 30.7 Å².